The maximum Gasteiger partial charge on any atom is 0.0991 e. The standard InChI is InChI=1S/C10H13N3O/c1-7(11)10(14)8-2-3-13-6-12-5-9(13)4-8/h2-7,10,14H,11H2,1H3. The fourth-order valence-electron chi connectivity index (χ4n) is 1.42. The monoisotopic (exact) mass is 191 g/mol. The zero-order valence-electron chi connectivity index (χ0n) is 7.96. The Hall–Kier alpha value is -1.39. The van der Waals surface area contributed by atoms with Crippen molar-refractivity contribution in [3.63, 3.8) is 0 Å². The Morgan fingerprint density at radius 2 is 2.36 bits per heavy atom. The maximum atomic E-state index is 9.74. The Morgan fingerprint density at radius 1 is 1.57 bits per heavy atom. The lowest BCUT2D eigenvalue weighted by Gasteiger charge is -2.14. The summed E-state index contributed by atoms with van der Waals surface area (Å²) in [7, 11) is 0. The lowest BCUT2D eigenvalue weighted by atomic mass is 10.1. The summed E-state index contributed by atoms with van der Waals surface area (Å²) in [5.74, 6) is 0. The van der Waals surface area contributed by atoms with E-state index in [2.05, 4.69) is 4.98 Å². The number of aliphatic hydroxyl groups excluding tert-OH is 1. The van der Waals surface area contributed by atoms with Gasteiger partial charge in [0.05, 0.1) is 24.1 Å². The first-order valence-corrected chi connectivity index (χ1v) is 4.54. The van der Waals surface area contributed by atoms with Gasteiger partial charge in [0.25, 0.3) is 0 Å². The number of aromatic nitrogens is 2. The van der Waals surface area contributed by atoms with Crippen LogP contribution in [0, 0.1) is 0 Å². The molecule has 0 radical (unpaired) electrons. The number of pyridine rings is 1. The van der Waals surface area contributed by atoms with Crippen molar-refractivity contribution in [3.05, 3.63) is 36.4 Å². The summed E-state index contributed by atoms with van der Waals surface area (Å²) in [6.45, 7) is 1.78. The largest absolute Gasteiger partial charge is 0.387 e. The summed E-state index contributed by atoms with van der Waals surface area (Å²) in [6, 6.07) is 3.48. The Kier molecular flexibility index (Phi) is 2.23. The molecule has 0 fully saturated rings. The molecule has 3 N–H and O–H groups in total. The minimum absolute atomic E-state index is 0.264. The predicted molar refractivity (Wildman–Crippen MR) is 53.8 cm³/mol. The second-order valence-corrected chi connectivity index (χ2v) is 3.49. The molecule has 0 amide bonds. The molecule has 0 aliphatic carbocycles. The molecule has 2 heterocycles. The van der Waals surface area contributed by atoms with Gasteiger partial charge in [-0.05, 0) is 24.6 Å². The van der Waals surface area contributed by atoms with E-state index < -0.39 is 6.10 Å². The molecular weight excluding hydrogens is 178 g/mol. The van der Waals surface area contributed by atoms with Crippen LogP contribution in [0.1, 0.15) is 18.6 Å². The average Bonchev–Trinajstić information content (AvgIpc) is 2.62. The number of hydrogen-bond acceptors (Lipinski definition) is 3. The van der Waals surface area contributed by atoms with Crippen molar-refractivity contribution in [2.24, 2.45) is 5.73 Å². The lowest BCUT2D eigenvalue weighted by Crippen LogP contribution is -2.24. The minimum atomic E-state index is -0.616. The summed E-state index contributed by atoms with van der Waals surface area (Å²) in [6.07, 6.45) is 4.72. The highest BCUT2D eigenvalue weighted by Crippen LogP contribution is 2.17. The van der Waals surface area contributed by atoms with Crippen LogP contribution in [0.15, 0.2) is 30.9 Å². The molecule has 0 aliphatic heterocycles. The van der Waals surface area contributed by atoms with E-state index in [0.717, 1.165) is 11.1 Å². The summed E-state index contributed by atoms with van der Waals surface area (Å²) in [4.78, 5) is 4.00. The van der Waals surface area contributed by atoms with Crippen LogP contribution in [0.2, 0.25) is 0 Å². The van der Waals surface area contributed by atoms with Gasteiger partial charge in [0.1, 0.15) is 0 Å². The van der Waals surface area contributed by atoms with Gasteiger partial charge < -0.3 is 15.2 Å². The molecule has 0 aliphatic rings. The zero-order valence-corrected chi connectivity index (χ0v) is 7.96. The van der Waals surface area contributed by atoms with Gasteiger partial charge >= 0.3 is 0 Å². The molecule has 4 nitrogen and oxygen atoms in total. The molecule has 74 valence electrons. The first kappa shape index (κ1) is 9.18. The third kappa shape index (κ3) is 1.49. The highest BCUT2D eigenvalue weighted by molar-refractivity contribution is 5.47. The van der Waals surface area contributed by atoms with E-state index in [-0.39, 0.29) is 6.04 Å². The number of nitrogens with zero attached hydrogens (tertiary/aromatic N) is 2. The van der Waals surface area contributed by atoms with Crippen LogP contribution in [0.3, 0.4) is 0 Å². The fraction of sp³-hybridized carbons (Fsp3) is 0.300. The number of imidazole rings is 1. The quantitative estimate of drug-likeness (QED) is 0.735. The fourth-order valence-corrected chi connectivity index (χ4v) is 1.42. The van der Waals surface area contributed by atoms with Crippen LogP contribution in [-0.2, 0) is 0 Å². The van der Waals surface area contributed by atoms with Crippen molar-refractivity contribution in [1.29, 1.82) is 0 Å². The summed E-state index contributed by atoms with van der Waals surface area (Å²) in [5, 5.41) is 9.74. The van der Waals surface area contributed by atoms with Gasteiger partial charge in [0.2, 0.25) is 0 Å². The van der Waals surface area contributed by atoms with Crippen LogP contribution in [-0.4, -0.2) is 20.5 Å². The zero-order chi connectivity index (χ0) is 10.1. The van der Waals surface area contributed by atoms with Gasteiger partial charge in [0.15, 0.2) is 0 Å². The molecule has 2 rings (SSSR count). The molecule has 0 saturated heterocycles. The Labute approximate surface area is 82.0 Å². The third-order valence-electron chi connectivity index (χ3n) is 2.28. The van der Waals surface area contributed by atoms with Gasteiger partial charge in [-0.1, -0.05) is 0 Å². The van der Waals surface area contributed by atoms with E-state index in [1.54, 1.807) is 19.4 Å². The first-order valence-electron chi connectivity index (χ1n) is 4.54. The van der Waals surface area contributed by atoms with Crippen LogP contribution in [0.5, 0.6) is 0 Å². The van der Waals surface area contributed by atoms with Crippen molar-refractivity contribution < 1.29 is 5.11 Å². The lowest BCUT2D eigenvalue weighted by molar-refractivity contribution is 0.153. The maximum absolute atomic E-state index is 9.74. The van der Waals surface area contributed by atoms with Gasteiger partial charge in [-0.3, -0.25) is 0 Å². The van der Waals surface area contributed by atoms with Crippen molar-refractivity contribution in [2.45, 2.75) is 19.1 Å². The van der Waals surface area contributed by atoms with Crippen molar-refractivity contribution in [2.75, 3.05) is 0 Å². The average molecular weight is 191 g/mol. The highest BCUT2D eigenvalue weighted by atomic mass is 16.3. The van der Waals surface area contributed by atoms with Crippen LogP contribution in [0.25, 0.3) is 5.52 Å². The molecule has 14 heavy (non-hydrogen) atoms. The molecule has 2 unspecified atom stereocenters. The minimum Gasteiger partial charge on any atom is -0.387 e. The van der Waals surface area contributed by atoms with E-state index in [1.807, 2.05) is 22.7 Å². The molecule has 4 heteroatoms. The highest BCUT2D eigenvalue weighted by Gasteiger charge is 2.12. The number of fused-ring (bicyclic) bond motifs is 1. The second kappa shape index (κ2) is 3.40. The Balaban J connectivity index is 2.43. The first-order chi connectivity index (χ1) is 6.68. The van der Waals surface area contributed by atoms with Crippen LogP contribution >= 0.6 is 0 Å². The normalized spacial score (nSPS) is 15.6. The van der Waals surface area contributed by atoms with E-state index in [1.165, 1.54) is 0 Å². The molecule has 0 aromatic carbocycles. The second-order valence-electron chi connectivity index (χ2n) is 3.49. The Bertz CT molecular complexity index is 436. The van der Waals surface area contributed by atoms with E-state index in [9.17, 15) is 5.11 Å². The van der Waals surface area contributed by atoms with Gasteiger partial charge in [-0.15, -0.1) is 0 Å². The summed E-state index contributed by atoms with van der Waals surface area (Å²) < 4.78 is 1.89. The molecule has 2 aromatic heterocycles. The van der Waals surface area contributed by atoms with Gasteiger partial charge in [-0.25, -0.2) is 4.98 Å². The summed E-state index contributed by atoms with van der Waals surface area (Å²) >= 11 is 0. The van der Waals surface area contributed by atoms with E-state index in [4.69, 9.17) is 5.73 Å². The molecule has 0 bridgehead atoms. The van der Waals surface area contributed by atoms with Gasteiger partial charge in [0, 0.05) is 12.2 Å². The van der Waals surface area contributed by atoms with Crippen molar-refractivity contribution in [1.82, 2.24) is 9.38 Å². The van der Waals surface area contributed by atoms with Crippen molar-refractivity contribution in [3.8, 4) is 0 Å². The van der Waals surface area contributed by atoms with E-state index >= 15 is 0 Å². The van der Waals surface area contributed by atoms with Crippen LogP contribution in [0.4, 0.5) is 0 Å². The molecule has 2 atom stereocenters. The molecule has 2 aromatic rings. The molecule has 0 saturated carbocycles. The SMILES string of the molecule is CC(N)C(O)c1ccn2cncc2c1. The Morgan fingerprint density at radius 3 is 3.07 bits per heavy atom. The van der Waals surface area contributed by atoms with Crippen molar-refractivity contribution >= 4 is 5.52 Å². The van der Waals surface area contributed by atoms with E-state index in [0.29, 0.717) is 0 Å². The third-order valence-corrected chi connectivity index (χ3v) is 2.28. The van der Waals surface area contributed by atoms with Gasteiger partial charge in [-0.2, -0.15) is 0 Å². The molecule has 0 spiro atoms. The number of rotatable bonds is 2. The smallest absolute Gasteiger partial charge is 0.0991 e. The molecular formula is C10H13N3O. The number of aliphatic hydroxyl groups is 1. The predicted octanol–water partition coefficient (Wildman–Crippen LogP) is 0.715. The number of nitrogens with two attached hydrogens (primary N) is 1. The topological polar surface area (TPSA) is 63.5 Å². The van der Waals surface area contributed by atoms with Crippen LogP contribution < -0.4 is 5.73 Å². The summed E-state index contributed by atoms with van der Waals surface area (Å²) in [5.41, 5.74) is 7.40. The number of hydrogen-bond donors (Lipinski definition) is 2.